The van der Waals surface area contributed by atoms with Gasteiger partial charge in [-0.3, -0.25) is 0 Å². The van der Waals surface area contributed by atoms with E-state index in [1.165, 1.54) is 55.2 Å². The molecule has 0 aliphatic carbocycles. The number of aromatic nitrogens is 4. The van der Waals surface area contributed by atoms with Crippen LogP contribution in [0.25, 0.3) is 83.6 Å². The third kappa shape index (κ3) is 6.04. The molecule has 0 fully saturated rings. The Balaban J connectivity index is 1.04. The fourth-order valence-corrected chi connectivity index (χ4v) is 9.72. The third-order valence-corrected chi connectivity index (χ3v) is 12.8. The van der Waals surface area contributed by atoms with Gasteiger partial charge in [-0.15, -0.1) is 0 Å². The topological polar surface area (TPSA) is 46.8 Å². The molecule has 5 heteroatoms. The number of fused-ring (bicyclic) bond motifs is 7. The number of nitrogens with zero attached hydrogens (tertiary/aromatic N) is 5. The van der Waals surface area contributed by atoms with E-state index in [1.807, 2.05) is 60.7 Å². The lowest BCUT2D eigenvalue weighted by Gasteiger charge is -2.42. The average molecular weight is 808 g/mol. The summed E-state index contributed by atoms with van der Waals surface area (Å²) in [6, 6.07) is 75.7. The van der Waals surface area contributed by atoms with Gasteiger partial charge in [-0.1, -0.05) is 172 Å². The molecule has 9 aromatic carbocycles. The molecule has 5 nitrogen and oxygen atoms in total. The molecule has 63 heavy (non-hydrogen) atoms. The summed E-state index contributed by atoms with van der Waals surface area (Å²) in [6.45, 7) is 4.69. The van der Waals surface area contributed by atoms with Gasteiger partial charge in [0.1, 0.15) is 0 Å². The molecule has 11 aromatic rings. The first-order chi connectivity index (χ1) is 31.0. The van der Waals surface area contributed by atoms with E-state index < -0.39 is 0 Å². The Morgan fingerprint density at radius 1 is 0.365 bits per heavy atom. The standard InChI is InChI=1S/C58H41N5/c1-58(2)48-27-14-15-28-51(48)62(44-23-10-5-11-24-44)53-37-42(29-32-49(53)58)41-31-33-50-47(36-41)54-46-26-13-12-17-38(46)30-34-52(54)63(50)45-25-16-22-43(35-45)57-60-55(39-18-6-3-7-19-39)59-56(61-57)40-20-8-4-9-21-40/h3-37H,1-2H3. The highest BCUT2D eigenvalue weighted by molar-refractivity contribution is 6.22. The molecule has 2 aromatic heterocycles. The summed E-state index contributed by atoms with van der Waals surface area (Å²) in [6.07, 6.45) is 0. The van der Waals surface area contributed by atoms with Crippen LogP contribution in [0.2, 0.25) is 0 Å². The lowest BCUT2D eigenvalue weighted by molar-refractivity contribution is 0.632. The second kappa shape index (κ2) is 14.5. The fourth-order valence-electron chi connectivity index (χ4n) is 9.72. The minimum atomic E-state index is -0.173. The van der Waals surface area contributed by atoms with Crippen molar-refractivity contribution in [2.75, 3.05) is 4.90 Å². The van der Waals surface area contributed by atoms with Gasteiger partial charge in [0, 0.05) is 44.3 Å². The predicted octanol–water partition coefficient (Wildman–Crippen LogP) is 14.9. The van der Waals surface area contributed by atoms with Crippen LogP contribution in [0.1, 0.15) is 25.0 Å². The van der Waals surface area contributed by atoms with Gasteiger partial charge in [-0.2, -0.15) is 0 Å². The van der Waals surface area contributed by atoms with Crippen molar-refractivity contribution in [2.45, 2.75) is 19.3 Å². The van der Waals surface area contributed by atoms with Crippen molar-refractivity contribution in [1.82, 2.24) is 19.5 Å². The zero-order valence-corrected chi connectivity index (χ0v) is 34.9. The molecular formula is C58H41N5. The van der Waals surface area contributed by atoms with Crippen molar-refractivity contribution in [2.24, 2.45) is 0 Å². The normalized spacial score (nSPS) is 13.0. The Bertz CT molecular complexity index is 3480. The van der Waals surface area contributed by atoms with Crippen LogP contribution in [0.4, 0.5) is 17.1 Å². The highest BCUT2D eigenvalue weighted by Crippen LogP contribution is 2.53. The third-order valence-electron chi connectivity index (χ3n) is 12.8. The van der Waals surface area contributed by atoms with Crippen molar-refractivity contribution in [3.8, 4) is 51.0 Å². The number of benzene rings is 9. The van der Waals surface area contributed by atoms with E-state index in [4.69, 9.17) is 15.0 Å². The summed E-state index contributed by atoms with van der Waals surface area (Å²) in [7, 11) is 0. The first-order valence-corrected chi connectivity index (χ1v) is 21.5. The molecular weight excluding hydrogens is 767 g/mol. The maximum absolute atomic E-state index is 5.07. The first kappa shape index (κ1) is 36.7. The largest absolute Gasteiger partial charge is 0.310 e. The maximum Gasteiger partial charge on any atom is 0.164 e. The van der Waals surface area contributed by atoms with E-state index in [2.05, 4.69) is 175 Å². The van der Waals surface area contributed by atoms with Gasteiger partial charge in [-0.25, -0.2) is 15.0 Å². The SMILES string of the molecule is CC1(C)c2ccccc2N(c2ccccc2)c2cc(-c3ccc4c(c3)c3c5ccccc5ccc3n4-c3cccc(-c4nc(-c5ccccc5)nc(-c5ccccc5)n4)c3)ccc21. The molecule has 3 heterocycles. The Hall–Kier alpha value is -8.15. The molecule has 298 valence electrons. The summed E-state index contributed by atoms with van der Waals surface area (Å²) >= 11 is 0. The van der Waals surface area contributed by atoms with E-state index in [-0.39, 0.29) is 5.41 Å². The monoisotopic (exact) mass is 807 g/mol. The van der Waals surface area contributed by atoms with Gasteiger partial charge < -0.3 is 9.47 Å². The van der Waals surface area contributed by atoms with Crippen LogP contribution in [0, 0.1) is 0 Å². The van der Waals surface area contributed by atoms with Crippen molar-refractivity contribution >= 4 is 49.6 Å². The van der Waals surface area contributed by atoms with Crippen LogP contribution in [0.15, 0.2) is 212 Å². The molecule has 0 N–H and O–H groups in total. The number of hydrogen-bond acceptors (Lipinski definition) is 4. The minimum absolute atomic E-state index is 0.173. The number of para-hydroxylation sites is 2. The van der Waals surface area contributed by atoms with Crippen molar-refractivity contribution in [3.05, 3.63) is 223 Å². The van der Waals surface area contributed by atoms with Crippen LogP contribution in [0.5, 0.6) is 0 Å². The van der Waals surface area contributed by atoms with E-state index in [0.717, 1.165) is 39.1 Å². The van der Waals surface area contributed by atoms with Crippen LogP contribution in [-0.2, 0) is 5.41 Å². The Morgan fingerprint density at radius 3 is 1.67 bits per heavy atom. The van der Waals surface area contributed by atoms with Gasteiger partial charge in [0.2, 0.25) is 0 Å². The zero-order valence-electron chi connectivity index (χ0n) is 34.9. The van der Waals surface area contributed by atoms with Crippen LogP contribution in [-0.4, -0.2) is 19.5 Å². The Labute approximate surface area is 366 Å². The van der Waals surface area contributed by atoms with Crippen LogP contribution >= 0.6 is 0 Å². The van der Waals surface area contributed by atoms with Gasteiger partial charge >= 0.3 is 0 Å². The molecule has 0 bridgehead atoms. The molecule has 0 amide bonds. The van der Waals surface area contributed by atoms with E-state index in [9.17, 15) is 0 Å². The molecule has 0 saturated carbocycles. The van der Waals surface area contributed by atoms with Crippen molar-refractivity contribution < 1.29 is 0 Å². The number of anilines is 3. The zero-order chi connectivity index (χ0) is 42.1. The average Bonchev–Trinajstić information content (AvgIpc) is 3.69. The molecule has 1 aliphatic rings. The number of rotatable bonds is 6. The molecule has 1 aliphatic heterocycles. The summed E-state index contributed by atoms with van der Waals surface area (Å²) in [5.74, 6) is 1.91. The summed E-state index contributed by atoms with van der Waals surface area (Å²) in [5, 5.41) is 4.87. The quantitative estimate of drug-likeness (QED) is 0.168. The second-order valence-electron chi connectivity index (χ2n) is 16.9. The minimum Gasteiger partial charge on any atom is -0.310 e. The molecule has 0 radical (unpaired) electrons. The van der Waals surface area contributed by atoms with Crippen LogP contribution in [0.3, 0.4) is 0 Å². The molecule has 12 rings (SSSR count). The van der Waals surface area contributed by atoms with Gasteiger partial charge in [-0.05, 0) is 87.6 Å². The van der Waals surface area contributed by atoms with E-state index in [0.29, 0.717) is 17.5 Å². The van der Waals surface area contributed by atoms with Crippen molar-refractivity contribution in [3.63, 3.8) is 0 Å². The lowest BCUT2D eigenvalue weighted by atomic mass is 9.73. The first-order valence-electron chi connectivity index (χ1n) is 21.5. The lowest BCUT2D eigenvalue weighted by Crippen LogP contribution is -2.30. The van der Waals surface area contributed by atoms with Crippen LogP contribution < -0.4 is 4.90 Å². The second-order valence-corrected chi connectivity index (χ2v) is 16.9. The highest BCUT2D eigenvalue weighted by atomic mass is 15.2. The number of hydrogen-bond donors (Lipinski definition) is 0. The molecule has 0 atom stereocenters. The van der Waals surface area contributed by atoms with E-state index in [1.54, 1.807) is 0 Å². The maximum atomic E-state index is 5.07. The Morgan fingerprint density at radius 2 is 0.921 bits per heavy atom. The van der Waals surface area contributed by atoms with Gasteiger partial charge in [0.25, 0.3) is 0 Å². The van der Waals surface area contributed by atoms with Gasteiger partial charge in [0.15, 0.2) is 17.5 Å². The summed E-state index contributed by atoms with van der Waals surface area (Å²) in [4.78, 5) is 17.5. The molecule has 0 saturated heterocycles. The van der Waals surface area contributed by atoms with Gasteiger partial charge in [0.05, 0.1) is 22.4 Å². The molecule has 0 unspecified atom stereocenters. The smallest absolute Gasteiger partial charge is 0.164 e. The summed E-state index contributed by atoms with van der Waals surface area (Å²) < 4.78 is 2.39. The Kier molecular flexibility index (Phi) is 8.44. The molecule has 0 spiro atoms. The predicted molar refractivity (Wildman–Crippen MR) is 260 cm³/mol. The van der Waals surface area contributed by atoms with E-state index >= 15 is 0 Å². The van der Waals surface area contributed by atoms with Crippen molar-refractivity contribution in [1.29, 1.82) is 0 Å². The fraction of sp³-hybridized carbons (Fsp3) is 0.0517. The summed E-state index contributed by atoms with van der Waals surface area (Å²) in [5.41, 5.74) is 14.5. The highest BCUT2D eigenvalue weighted by Gasteiger charge is 2.37.